The number of nitrogens with zero attached hydrogens (tertiary/aromatic N) is 2. The number of likely N-dealkylation sites (tertiary alicyclic amines) is 1. The first-order chi connectivity index (χ1) is 13.0. The van der Waals surface area contributed by atoms with Gasteiger partial charge in [0.1, 0.15) is 11.4 Å². The van der Waals surface area contributed by atoms with Crippen molar-refractivity contribution in [3.63, 3.8) is 0 Å². The molecule has 1 fully saturated rings. The summed E-state index contributed by atoms with van der Waals surface area (Å²) in [4.78, 5) is 29.3. The van der Waals surface area contributed by atoms with E-state index in [9.17, 15) is 9.59 Å². The van der Waals surface area contributed by atoms with Crippen LogP contribution in [0.5, 0.6) is 5.75 Å². The fourth-order valence-electron chi connectivity index (χ4n) is 3.51. The summed E-state index contributed by atoms with van der Waals surface area (Å²) in [5.74, 6) is 0.764. The monoisotopic (exact) mass is 368 g/mol. The van der Waals surface area contributed by atoms with Crippen LogP contribution in [-0.4, -0.2) is 47.9 Å². The predicted octanol–water partition coefficient (Wildman–Crippen LogP) is 3.47. The van der Waals surface area contributed by atoms with E-state index in [1.165, 1.54) is 11.3 Å². The highest BCUT2D eigenvalue weighted by Crippen LogP contribution is 2.33. The molecule has 144 valence electrons. The number of carbonyl (C=O) groups excluding carboxylic acids is 2. The van der Waals surface area contributed by atoms with Crippen LogP contribution in [0.4, 0.5) is 0 Å². The summed E-state index contributed by atoms with van der Waals surface area (Å²) >= 11 is 0. The van der Waals surface area contributed by atoms with Crippen molar-refractivity contribution in [2.24, 2.45) is 5.92 Å². The average molecular weight is 368 g/mol. The Bertz CT molecular complexity index is 743. The molecule has 2 aliphatic rings. The minimum Gasteiger partial charge on any atom is -0.493 e. The maximum absolute atomic E-state index is 13.0. The molecule has 1 saturated heterocycles. The summed E-state index contributed by atoms with van der Waals surface area (Å²) in [6.45, 7) is 10.4. The molecule has 0 radical (unpaired) electrons. The Balaban J connectivity index is 1.94. The van der Waals surface area contributed by atoms with Gasteiger partial charge in [-0.3, -0.25) is 14.5 Å². The highest BCUT2D eigenvalue weighted by Gasteiger charge is 2.41. The molecule has 0 aliphatic carbocycles. The van der Waals surface area contributed by atoms with Crippen LogP contribution in [0.25, 0.3) is 5.57 Å². The maximum Gasteiger partial charge on any atom is 0.278 e. The molecule has 0 bridgehead atoms. The Morgan fingerprint density at radius 3 is 2.33 bits per heavy atom. The lowest BCUT2D eigenvalue weighted by Gasteiger charge is -2.29. The average Bonchev–Trinajstić information content (AvgIpc) is 2.92. The number of carbonyl (C=O) groups is 2. The molecule has 5 heteroatoms. The third-order valence-corrected chi connectivity index (χ3v) is 4.85. The van der Waals surface area contributed by atoms with Gasteiger partial charge in [0.25, 0.3) is 11.8 Å². The topological polar surface area (TPSA) is 49.9 Å². The number of ether oxygens (including phenoxy) is 1. The number of benzene rings is 1. The van der Waals surface area contributed by atoms with Crippen molar-refractivity contribution in [1.29, 1.82) is 0 Å². The van der Waals surface area contributed by atoms with E-state index < -0.39 is 0 Å². The molecule has 1 aromatic carbocycles. The van der Waals surface area contributed by atoms with Crippen molar-refractivity contribution in [3.05, 3.63) is 48.2 Å². The SMILES string of the molecule is C=CCN1C(=O)C(c2ccc(OCC(C)C)cc2)=C(N2CCCCC2)C1=O. The summed E-state index contributed by atoms with van der Waals surface area (Å²) in [6.07, 6.45) is 4.85. The van der Waals surface area contributed by atoms with Crippen molar-refractivity contribution < 1.29 is 14.3 Å². The lowest BCUT2D eigenvalue weighted by molar-refractivity contribution is -0.136. The predicted molar refractivity (Wildman–Crippen MR) is 106 cm³/mol. The van der Waals surface area contributed by atoms with Gasteiger partial charge < -0.3 is 9.64 Å². The van der Waals surface area contributed by atoms with Gasteiger partial charge in [0.05, 0.1) is 12.2 Å². The van der Waals surface area contributed by atoms with Crippen molar-refractivity contribution in [1.82, 2.24) is 9.80 Å². The Kier molecular flexibility index (Phi) is 5.99. The molecule has 0 saturated carbocycles. The molecule has 1 aromatic rings. The smallest absolute Gasteiger partial charge is 0.278 e. The fraction of sp³-hybridized carbons (Fsp3) is 0.455. The first kappa shape index (κ1) is 19.2. The molecule has 2 aliphatic heterocycles. The van der Waals surface area contributed by atoms with Crippen LogP contribution in [0.1, 0.15) is 38.7 Å². The van der Waals surface area contributed by atoms with Crippen LogP contribution in [0, 0.1) is 5.92 Å². The Morgan fingerprint density at radius 2 is 1.74 bits per heavy atom. The standard InChI is InChI=1S/C22H28N2O3/c1-4-12-24-21(25)19(20(22(24)26)23-13-6-5-7-14-23)17-8-10-18(11-9-17)27-15-16(2)3/h4,8-11,16H,1,5-7,12-15H2,2-3H3. The van der Waals surface area contributed by atoms with Crippen LogP contribution in [0.15, 0.2) is 42.6 Å². The zero-order valence-corrected chi connectivity index (χ0v) is 16.2. The summed E-state index contributed by atoms with van der Waals surface area (Å²) in [6, 6.07) is 7.48. The molecule has 3 rings (SSSR count). The van der Waals surface area contributed by atoms with Gasteiger partial charge in [-0.25, -0.2) is 0 Å². The Morgan fingerprint density at radius 1 is 1.07 bits per heavy atom. The summed E-state index contributed by atoms with van der Waals surface area (Å²) in [7, 11) is 0. The molecule has 2 amide bonds. The fourth-order valence-corrected chi connectivity index (χ4v) is 3.51. The van der Waals surface area contributed by atoms with Crippen molar-refractivity contribution in [2.45, 2.75) is 33.1 Å². The highest BCUT2D eigenvalue weighted by molar-refractivity contribution is 6.35. The normalized spacial score (nSPS) is 17.9. The van der Waals surface area contributed by atoms with Crippen molar-refractivity contribution >= 4 is 17.4 Å². The van der Waals surface area contributed by atoms with Gasteiger partial charge in [-0.1, -0.05) is 32.1 Å². The van der Waals surface area contributed by atoms with Crippen LogP contribution >= 0.6 is 0 Å². The molecular weight excluding hydrogens is 340 g/mol. The first-order valence-electron chi connectivity index (χ1n) is 9.72. The van der Waals surface area contributed by atoms with Crippen LogP contribution < -0.4 is 4.74 Å². The van der Waals surface area contributed by atoms with Gasteiger partial charge in [0, 0.05) is 19.6 Å². The molecule has 0 spiro atoms. The van der Waals surface area contributed by atoms with E-state index in [0.29, 0.717) is 23.8 Å². The molecule has 0 N–H and O–H groups in total. The second-order valence-electron chi connectivity index (χ2n) is 7.51. The van der Waals surface area contributed by atoms with Gasteiger partial charge in [-0.15, -0.1) is 6.58 Å². The summed E-state index contributed by atoms with van der Waals surface area (Å²) in [5.41, 5.74) is 1.80. The zero-order chi connectivity index (χ0) is 19.4. The van der Waals surface area contributed by atoms with Crippen LogP contribution in [0.3, 0.4) is 0 Å². The lowest BCUT2D eigenvalue weighted by atomic mass is 10.0. The second-order valence-corrected chi connectivity index (χ2v) is 7.51. The van der Waals surface area contributed by atoms with E-state index in [2.05, 4.69) is 25.3 Å². The van der Waals surface area contributed by atoms with Gasteiger partial charge in [-0.05, 0) is 42.9 Å². The minimum absolute atomic E-state index is 0.211. The lowest BCUT2D eigenvalue weighted by Crippen LogP contribution is -2.37. The van der Waals surface area contributed by atoms with Crippen LogP contribution in [0.2, 0.25) is 0 Å². The highest BCUT2D eigenvalue weighted by atomic mass is 16.5. The van der Waals surface area contributed by atoms with Gasteiger partial charge in [0.2, 0.25) is 0 Å². The first-order valence-corrected chi connectivity index (χ1v) is 9.72. The third-order valence-electron chi connectivity index (χ3n) is 4.85. The number of rotatable bonds is 7. The van der Waals surface area contributed by atoms with Gasteiger partial charge in [0.15, 0.2) is 0 Å². The summed E-state index contributed by atoms with van der Waals surface area (Å²) < 4.78 is 5.73. The largest absolute Gasteiger partial charge is 0.493 e. The van der Waals surface area contributed by atoms with E-state index in [4.69, 9.17) is 4.74 Å². The van der Waals surface area contributed by atoms with E-state index in [1.807, 2.05) is 24.3 Å². The number of amides is 2. The zero-order valence-electron chi connectivity index (χ0n) is 16.2. The summed E-state index contributed by atoms with van der Waals surface area (Å²) in [5, 5.41) is 0. The Labute approximate surface area is 161 Å². The molecule has 0 aromatic heterocycles. The molecular formula is C22H28N2O3. The van der Waals surface area contributed by atoms with Gasteiger partial charge >= 0.3 is 0 Å². The van der Waals surface area contributed by atoms with E-state index >= 15 is 0 Å². The van der Waals surface area contributed by atoms with Crippen LogP contribution in [-0.2, 0) is 9.59 Å². The van der Waals surface area contributed by atoms with E-state index in [0.717, 1.165) is 37.2 Å². The molecule has 0 unspecified atom stereocenters. The second kappa shape index (κ2) is 8.42. The molecule has 27 heavy (non-hydrogen) atoms. The number of imide groups is 1. The van der Waals surface area contributed by atoms with E-state index in [-0.39, 0.29) is 18.4 Å². The Hall–Kier alpha value is -2.56. The third kappa shape index (κ3) is 4.07. The number of hydrogen-bond acceptors (Lipinski definition) is 4. The molecule has 0 atom stereocenters. The quantitative estimate of drug-likeness (QED) is 0.546. The minimum atomic E-state index is -0.240. The van der Waals surface area contributed by atoms with Gasteiger partial charge in [-0.2, -0.15) is 0 Å². The maximum atomic E-state index is 13.0. The van der Waals surface area contributed by atoms with E-state index in [1.54, 1.807) is 6.08 Å². The van der Waals surface area contributed by atoms with Crippen molar-refractivity contribution in [2.75, 3.05) is 26.2 Å². The number of hydrogen-bond donors (Lipinski definition) is 0. The van der Waals surface area contributed by atoms with Crippen molar-refractivity contribution in [3.8, 4) is 5.75 Å². The number of piperidine rings is 1. The molecule has 2 heterocycles. The molecule has 5 nitrogen and oxygen atoms in total.